The second kappa shape index (κ2) is 3.18. The van der Waals surface area contributed by atoms with Crippen molar-refractivity contribution in [1.29, 1.82) is 0 Å². The molecule has 0 spiro atoms. The summed E-state index contributed by atoms with van der Waals surface area (Å²) >= 11 is 2.84. The van der Waals surface area contributed by atoms with Gasteiger partial charge in [0.25, 0.3) is 0 Å². The smallest absolute Gasteiger partial charge is 0.396 e. The highest BCUT2D eigenvalue weighted by atomic mass is 127. The fourth-order valence-electron chi connectivity index (χ4n) is 0.463. The van der Waals surface area contributed by atoms with E-state index < -0.39 is 6.36 Å². The van der Waals surface area contributed by atoms with Gasteiger partial charge in [-0.15, -0.1) is 24.5 Å². The van der Waals surface area contributed by atoms with Gasteiger partial charge in [-0.25, -0.2) is 0 Å². The zero-order valence-electron chi connectivity index (χ0n) is 4.98. The van der Waals surface area contributed by atoms with Crippen molar-refractivity contribution in [1.82, 2.24) is 0 Å². The maximum Gasteiger partial charge on any atom is 0.573 e. The van der Waals surface area contributed by atoms with Crippen LogP contribution in [0.3, 0.4) is 0 Å². The van der Waals surface area contributed by atoms with E-state index in [2.05, 4.69) is 4.74 Å². The molecule has 1 nitrogen and oxygen atoms in total. The average Bonchev–Trinajstić information content (AvgIpc) is 2.10. The lowest BCUT2D eigenvalue weighted by Gasteiger charge is -2.04. The van der Waals surface area contributed by atoms with E-state index in [1.807, 2.05) is 22.6 Å². The second-order valence-electron chi connectivity index (χ2n) is 1.63. The predicted molar refractivity (Wildman–Crippen MR) is 43.7 cm³/mol. The van der Waals surface area contributed by atoms with E-state index in [4.69, 9.17) is 0 Å². The van der Waals surface area contributed by atoms with Crippen molar-refractivity contribution >= 4 is 33.9 Å². The molecule has 1 heterocycles. The molecule has 11 heavy (non-hydrogen) atoms. The van der Waals surface area contributed by atoms with Crippen molar-refractivity contribution < 1.29 is 17.9 Å². The topological polar surface area (TPSA) is 9.23 Å². The Morgan fingerprint density at radius 1 is 1.45 bits per heavy atom. The SMILES string of the molecule is FC(F)(F)Oc1cc(I)cs1. The first-order valence-electron chi connectivity index (χ1n) is 2.47. The van der Waals surface area contributed by atoms with E-state index in [0.29, 0.717) is 0 Å². The van der Waals surface area contributed by atoms with Crippen molar-refractivity contribution in [3.63, 3.8) is 0 Å². The number of hydrogen-bond acceptors (Lipinski definition) is 2. The minimum absolute atomic E-state index is 0.123. The lowest BCUT2D eigenvalue weighted by molar-refractivity contribution is -0.273. The summed E-state index contributed by atoms with van der Waals surface area (Å²) in [5.74, 6) is 0. The molecule has 1 aromatic heterocycles. The number of hydrogen-bond donors (Lipinski definition) is 0. The van der Waals surface area contributed by atoms with E-state index in [1.165, 1.54) is 6.07 Å². The van der Waals surface area contributed by atoms with E-state index in [1.54, 1.807) is 5.38 Å². The van der Waals surface area contributed by atoms with Crippen LogP contribution in [0.25, 0.3) is 0 Å². The first-order valence-corrected chi connectivity index (χ1v) is 4.43. The monoisotopic (exact) mass is 294 g/mol. The Morgan fingerprint density at radius 3 is 2.45 bits per heavy atom. The Balaban J connectivity index is 2.65. The summed E-state index contributed by atoms with van der Waals surface area (Å²) in [7, 11) is 0. The minimum Gasteiger partial charge on any atom is -0.396 e. The van der Waals surface area contributed by atoms with Crippen LogP contribution in [0.4, 0.5) is 13.2 Å². The van der Waals surface area contributed by atoms with E-state index in [9.17, 15) is 13.2 Å². The second-order valence-corrected chi connectivity index (χ2v) is 3.75. The maximum absolute atomic E-state index is 11.5. The highest BCUT2D eigenvalue weighted by molar-refractivity contribution is 14.1. The molecule has 0 N–H and O–H groups in total. The van der Waals surface area contributed by atoms with Gasteiger partial charge < -0.3 is 4.74 Å². The third-order valence-corrected chi connectivity index (χ3v) is 2.61. The van der Waals surface area contributed by atoms with Gasteiger partial charge in [0.05, 0.1) is 0 Å². The molecule has 0 fully saturated rings. The summed E-state index contributed by atoms with van der Waals surface area (Å²) in [5, 5.41) is 1.46. The molecule has 1 aromatic rings. The highest BCUT2D eigenvalue weighted by Crippen LogP contribution is 2.29. The molecule has 0 saturated carbocycles. The molecule has 0 saturated heterocycles. The Morgan fingerprint density at radius 2 is 2.09 bits per heavy atom. The summed E-state index contributed by atoms with van der Waals surface area (Å²) in [6.07, 6.45) is -4.58. The summed E-state index contributed by atoms with van der Waals surface area (Å²) in [6.45, 7) is 0. The van der Waals surface area contributed by atoms with Gasteiger partial charge in [-0.1, -0.05) is 0 Å². The zero-order chi connectivity index (χ0) is 8.48. The lowest BCUT2D eigenvalue weighted by atomic mass is 10.6. The van der Waals surface area contributed by atoms with Crippen molar-refractivity contribution in [3.8, 4) is 5.06 Å². The molecule has 0 aliphatic rings. The Kier molecular flexibility index (Phi) is 2.63. The van der Waals surface area contributed by atoms with Gasteiger partial charge in [-0.3, -0.25) is 0 Å². The number of halogens is 4. The van der Waals surface area contributed by atoms with Crippen LogP contribution in [-0.4, -0.2) is 6.36 Å². The number of ether oxygens (including phenoxy) is 1. The van der Waals surface area contributed by atoms with Crippen LogP contribution in [0.1, 0.15) is 0 Å². The van der Waals surface area contributed by atoms with Gasteiger partial charge in [-0.2, -0.15) is 0 Å². The van der Waals surface area contributed by atoms with Crippen LogP contribution in [0.2, 0.25) is 0 Å². The Labute approximate surface area is 78.3 Å². The van der Waals surface area contributed by atoms with Gasteiger partial charge in [-0.05, 0) is 22.6 Å². The molecule has 0 aromatic carbocycles. The van der Waals surface area contributed by atoms with Gasteiger partial charge in [0.1, 0.15) is 0 Å². The quantitative estimate of drug-likeness (QED) is 0.722. The molecule has 0 bridgehead atoms. The summed E-state index contributed by atoms with van der Waals surface area (Å²) in [5.41, 5.74) is 0. The number of alkyl halides is 3. The Bertz CT molecular complexity index is 244. The minimum atomic E-state index is -4.58. The van der Waals surface area contributed by atoms with Crippen LogP contribution in [-0.2, 0) is 0 Å². The lowest BCUT2D eigenvalue weighted by Crippen LogP contribution is -2.16. The van der Waals surface area contributed by atoms with Crippen molar-refractivity contribution in [2.75, 3.05) is 0 Å². The van der Waals surface area contributed by atoms with Gasteiger partial charge >= 0.3 is 6.36 Å². The molecule has 0 radical (unpaired) electrons. The van der Waals surface area contributed by atoms with E-state index in [0.717, 1.165) is 14.9 Å². The molecule has 62 valence electrons. The first kappa shape index (κ1) is 9.11. The van der Waals surface area contributed by atoms with E-state index >= 15 is 0 Å². The largest absolute Gasteiger partial charge is 0.573 e. The maximum atomic E-state index is 11.5. The number of thiophene rings is 1. The molecule has 0 unspecified atom stereocenters. The summed E-state index contributed by atoms with van der Waals surface area (Å²) < 4.78 is 39.0. The van der Waals surface area contributed by atoms with Crippen molar-refractivity contribution in [2.24, 2.45) is 0 Å². The third kappa shape index (κ3) is 3.28. The molecular weight excluding hydrogens is 292 g/mol. The van der Waals surface area contributed by atoms with Crippen LogP contribution >= 0.6 is 33.9 Å². The predicted octanol–water partition coefficient (Wildman–Crippen LogP) is 3.25. The fraction of sp³-hybridized carbons (Fsp3) is 0.200. The molecule has 0 amide bonds. The third-order valence-electron chi connectivity index (χ3n) is 0.760. The normalized spacial score (nSPS) is 11.6. The van der Waals surface area contributed by atoms with Crippen LogP contribution < -0.4 is 4.74 Å². The van der Waals surface area contributed by atoms with Gasteiger partial charge in [0.15, 0.2) is 5.06 Å². The first-order chi connectivity index (χ1) is 4.97. The molecule has 0 aliphatic carbocycles. The standard InChI is InChI=1S/C5H2F3IOS/c6-5(7,8)10-4-1-3(9)2-11-4/h1-2H. The van der Waals surface area contributed by atoms with E-state index in [-0.39, 0.29) is 5.06 Å². The average molecular weight is 294 g/mol. The van der Waals surface area contributed by atoms with Gasteiger partial charge in [0.2, 0.25) is 0 Å². The van der Waals surface area contributed by atoms with Crippen molar-refractivity contribution in [2.45, 2.75) is 6.36 Å². The van der Waals surface area contributed by atoms with Gasteiger partial charge in [0, 0.05) is 15.0 Å². The fourth-order valence-corrected chi connectivity index (χ4v) is 1.97. The van der Waals surface area contributed by atoms with Crippen molar-refractivity contribution in [3.05, 3.63) is 15.0 Å². The molecule has 6 heteroatoms. The Hall–Kier alpha value is 0.0200. The molecule has 0 aliphatic heterocycles. The zero-order valence-corrected chi connectivity index (χ0v) is 7.96. The van der Waals surface area contributed by atoms with Crippen LogP contribution in [0.15, 0.2) is 11.4 Å². The van der Waals surface area contributed by atoms with Crippen LogP contribution in [0, 0.1) is 3.57 Å². The summed E-state index contributed by atoms with van der Waals surface area (Å²) in [6, 6.07) is 1.33. The molecular formula is C5H2F3IOS. The molecule has 1 rings (SSSR count). The highest BCUT2D eigenvalue weighted by Gasteiger charge is 2.31. The van der Waals surface area contributed by atoms with Crippen LogP contribution in [0.5, 0.6) is 5.06 Å². The molecule has 0 atom stereocenters. The number of rotatable bonds is 1. The summed E-state index contributed by atoms with van der Waals surface area (Å²) in [4.78, 5) is 0.